The number of carbonyl (C=O) groups is 1. The van der Waals surface area contributed by atoms with Crippen molar-refractivity contribution in [2.45, 2.75) is 36.5 Å². The highest BCUT2D eigenvalue weighted by molar-refractivity contribution is 7.93. The Balaban J connectivity index is 3.16. The topological polar surface area (TPSA) is 63.2 Å². The van der Waals surface area contributed by atoms with Crippen molar-refractivity contribution in [3.63, 3.8) is 0 Å². The van der Waals surface area contributed by atoms with Crippen molar-refractivity contribution in [2.75, 3.05) is 0 Å². The summed E-state index contributed by atoms with van der Waals surface area (Å²) < 4.78 is 23.4. The van der Waals surface area contributed by atoms with E-state index < -0.39 is 26.5 Å². The zero-order valence-corrected chi connectivity index (χ0v) is 13.0. The van der Waals surface area contributed by atoms with Crippen molar-refractivity contribution >= 4 is 27.3 Å². The first kappa shape index (κ1) is 16.5. The maximum Gasteiger partial charge on any atom is 0.242 e. The van der Waals surface area contributed by atoms with E-state index in [1.807, 2.05) is 0 Å². The van der Waals surface area contributed by atoms with Gasteiger partial charge >= 0.3 is 0 Å². The van der Waals surface area contributed by atoms with E-state index in [4.69, 9.17) is 18.0 Å². The number of sulfone groups is 1. The fraction of sp³-hybridized carbons (Fsp3) is 0.357. The van der Waals surface area contributed by atoms with Crippen LogP contribution in [0, 0.1) is 12.3 Å². The molecule has 0 spiro atoms. The summed E-state index contributed by atoms with van der Waals surface area (Å²) in [5.74, 6) is 1.68. The molecule has 108 valence electrons. The monoisotopic (exact) mass is 313 g/mol. The van der Waals surface area contributed by atoms with Gasteiger partial charge < -0.3 is 5.32 Å². The normalized spacial score (nSPS) is 13.3. The van der Waals surface area contributed by atoms with Crippen LogP contribution in [-0.4, -0.2) is 25.1 Å². The molecule has 0 aliphatic rings. The Morgan fingerprint density at radius 3 is 2.30 bits per heavy atom. The SMILES string of the molecule is C#CC(C)NC(=O)C(C)(C)S(=O)(=O)c1ccc(Cl)cc1. The maximum atomic E-state index is 12.5. The Labute approximate surface area is 124 Å². The molecule has 0 aliphatic heterocycles. The van der Waals surface area contributed by atoms with Crippen LogP contribution in [0.2, 0.25) is 5.02 Å². The summed E-state index contributed by atoms with van der Waals surface area (Å²) in [5.41, 5.74) is 0. The first-order chi connectivity index (χ1) is 9.12. The molecule has 1 amide bonds. The summed E-state index contributed by atoms with van der Waals surface area (Å²) in [5, 5.41) is 2.90. The second kappa shape index (κ2) is 5.86. The number of hydrogen-bond donors (Lipinski definition) is 1. The third kappa shape index (κ3) is 3.14. The van der Waals surface area contributed by atoms with E-state index >= 15 is 0 Å². The molecule has 0 heterocycles. The predicted molar refractivity (Wildman–Crippen MR) is 79.2 cm³/mol. The highest BCUT2D eigenvalue weighted by Gasteiger charge is 2.43. The summed E-state index contributed by atoms with van der Waals surface area (Å²) in [6.45, 7) is 4.29. The van der Waals surface area contributed by atoms with Gasteiger partial charge in [0, 0.05) is 5.02 Å². The van der Waals surface area contributed by atoms with Crippen LogP contribution in [0.3, 0.4) is 0 Å². The van der Waals surface area contributed by atoms with Crippen molar-refractivity contribution in [1.29, 1.82) is 0 Å². The van der Waals surface area contributed by atoms with Crippen molar-refractivity contribution in [3.8, 4) is 12.3 Å². The highest BCUT2D eigenvalue weighted by atomic mass is 35.5. The Morgan fingerprint density at radius 1 is 1.35 bits per heavy atom. The van der Waals surface area contributed by atoms with Gasteiger partial charge in [-0.3, -0.25) is 4.79 Å². The van der Waals surface area contributed by atoms with Crippen molar-refractivity contribution < 1.29 is 13.2 Å². The second-order valence-electron chi connectivity index (χ2n) is 4.83. The molecular formula is C14H16ClNO3S. The smallest absolute Gasteiger partial charge is 0.242 e. The third-order valence-corrected chi connectivity index (χ3v) is 5.61. The molecule has 0 saturated carbocycles. The number of hydrogen-bond acceptors (Lipinski definition) is 3. The molecule has 0 aliphatic carbocycles. The minimum absolute atomic E-state index is 0.0374. The number of benzene rings is 1. The van der Waals surface area contributed by atoms with Crippen LogP contribution >= 0.6 is 11.6 Å². The predicted octanol–water partition coefficient (Wildman–Crippen LogP) is 2.03. The molecule has 1 aromatic carbocycles. The number of amides is 1. The fourth-order valence-corrected chi connectivity index (χ4v) is 2.96. The standard InChI is InChI=1S/C14H16ClNO3S/c1-5-10(2)16-13(17)14(3,4)20(18,19)12-8-6-11(15)7-9-12/h1,6-10H,2-4H3,(H,16,17). The van der Waals surface area contributed by atoms with Crippen LogP contribution in [0.15, 0.2) is 29.2 Å². The number of carbonyl (C=O) groups excluding carboxylic acids is 1. The van der Waals surface area contributed by atoms with E-state index in [0.717, 1.165) is 0 Å². The van der Waals surface area contributed by atoms with Gasteiger partial charge in [0.05, 0.1) is 10.9 Å². The minimum atomic E-state index is -3.85. The van der Waals surface area contributed by atoms with Gasteiger partial charge in [-0.05, 0) is 45.0 Å². The minimum Gasteiger partial charge on any atom is -0.341 e. The molecule has 1 atom stereocenters. The number of halogens is 1. The van der Waals surface area contributed by atoms with Gasteiger partial charge in [0.2, 0.25) is 5.91 Å². The summed E-state index contributed by atoms with van der Waals surface area (Å²) in [6, 6.07) is 5.13. The zero-order chi connectivity index (χ0) is 15.6. The van der Waals surface area contributed by atoms with Crippen molar-refractivity contribution in [3.05, 3.63) is 29.3 Å². The Kier molecular flexibility index (Phi) is 4.85. The second-order valence-corrected chi connectivity index (χ2v) is 7.76. The van der Waals surface area contributed by atoms with Crippen LogP contribution < -0.4 is 5.32 Å². The first-order valence-electron chi connectivity index (χ1n) is 5.90. The van der Waals surface area contributed by atoms with E-state index in [-0.39, 0.29) is 4.90 Å². The average molecular weight is 314 g/mol. The van der Waals surface area contributed by atoms with E-state index in [1.54, 1.807) is 6.92 Å². The molecule has 1 aromatic rings. The van der Waals surface area contributed by atoms with E-state index in [1.165, 1.54) is 38.1 Å². The van der Waals surface area contributed by atoms with Crippen LogP contribution in [0.25, 0.3) is 0 Å². The summed E-state index contributed by atoms with van der Waals surface area (Å²) >= 11 is 5.73. The number of nitrogens with one attached hydrogen (secondary N) is 1. The maximum absolute atomic E-state index is 12.5. The summed E-state index contributed by atoms with van der Waals surface area (Å²) in [6.07, 6.45) is 5.17. The number of rotatable bonds is 4. The molecule has 1 rings (SSSR count). The molecule has 20 heavy (non-hydrogen) atoms. The molecule has 6 heteroatoms. The van der Waals surface area contributed by atoms with Gasteiger partial charge in [0.1, 0.15) is 4.75 Å². The van der Waals surface area contributed by atoms with E-state index in [2.05, 4.69) is 11.2 Å². The lowest BCUT2D eigenvalue weighted by Gasteiger charge is -2.24. The van der Waals surface area contributed by atoms with Crippen LogP contribution in [0.5, 0.6) is 0 Å². The van der Waals surface area contributed by atoms with Crippen LogP contribution in [0.4, 0.5) is 0 Å². The lowest BCUT2D eigenvalue weighted by molar-refractivity contribution is -0.123. The average Bonchev–Trinajstić information content (AvgIpc) is 2.38. The zero-order valence-electron chi connectivity index (χ0n) is 11.5. The van der Waals surface area contributed by atoms with Gasteiger partial charge in [-0.1, -0.05) is 17.5 Å². The number of terminal acetylenes is 1. The molecular weight excluding hydrogens is 298 g/mol. The van der Waals surface area contributed by atoms with Crippen LogP contribution in [0.1, 0.15) is 20.8 Å². The Morgan fingerprint density at radius 2 is 1.85 bits per heavy atom. The summed E-state index contributed by atoms with van der Waals surface area (Å²) in [7, 11) is -3.85. The molecule has 0 aromatic heterocycles. The lowest BCUT2D eigenvalue weighted by Crippen LogP contribution is -2.50. The van der Waals surface area contributed by atoms with Gasteiger partial charge in [0.15, 0.2) is 9.84 Å². The Bertz CT molecular complexity index is 642. The Hall–Kier alpha value is -1.51. The molecule has 0 saturated heterocycles. The van der Waals surface area contributed by atoms with Gasteiger partial charge in [-0.25, -0.2) is 8.42 Å². The van der Waals surface area contributed by atoms with Crippen molar-refractivity contribution in [1.82, 2.24) is 5.32 Å². The molecule has 1 unspecified atom stereocenters. The van der Waals surface area contributed by atoms with Gasteiger partial charge in [-0.15, -0.1) is 6.42 Å². The quantitative estimate of drug-likeness (QED) is 0.865. The molecule has 4 nitrogen and oxygen atoms in total. The van der Waals surface area contributed by atoms with Crippen molar-refractivity contribution in [2.24, 2.45) is 0 Å². The van der Waals surface area contributed by atoms with Gasteiger partial charge in [-0.2, -0.15) is 0 Å². The molecule has 0 radical (unpaired) electrons. The van der Waals surface area contributed by atoms with E-state index in [0.29, 0.717) is 5.02 Å². The van der Waals surface area contributed by atoms with Gasteiger partial charge in [0.25, 0.3) is 0 Å². The third-order valence-electron chi connectivity index (χ3n) is 2.94. The molecule has 1 N–H and O–H groups in total. The first-order valence-corrected chi connectivity index (χ1v) is 7.76. The molecule has 0 bridgehead atoms. The fourth-order valence-electron chi connectivity index (χ4n) is 1.44. The summed E-state index contributed by atoms with van der Waals surface area (Å²) in [4.78, 5) is 12.1. The van der Waals surface area contributed by atoms with E-state index in [9.17, 15) is 13.2 Å². The largest absolute Gasteiger partial charge is 0.341 e. The lowest BCUT2D eigenvalue weighted by atomic mass is 10.2. The van der Waals surface area contributed by atoms with Crippen LogP contribution in [-0.2, 0) is 14.6 Å². The highest BCUT2D eigenvalue weighted by Crippen LogP contribution is 2.26. The molecule has 0 fully saturated rings.